The first kappa shape index (κ1) is 25.8. The summed E-state index contributed by atoms with van der Waals surface area (Å²) in [6.07, 6.45) is -2.78. The summed E-state index contributed by atoms with van der Waals surface area (Å²) in [4.78, 5) is 11.4. The molecule has 0 bridgehead atoms. The van der Waals surface area contributed by atoms with E-state index in [4.69, 9.17) is 11.6 Å². The molecule has 3 nitrogen and oxygen atoms in total. The Balaban J connectivity index is 2.03. The van der Waals surface area contributed by atoms with E-state index in [1.165, 1.54) is 0 Å². The minimum atomic E-state index is -4.65. The van der Waals surface area contributed by atoms with Crippen LogP contribution in [0.25, 0.3) is 11.1 Å². The summed E-state index contributed by atoms with van der Waals surface area (Å²) in [5, 5.41) is 17.4. The number of carbonyl (C=O) groups is 1. The Kier molecular flexibility index (Phi) is 7.19. The highest BCUT2D eigenvalue weighted by molar-refractivity contribution is 6.30. The zero-order chi connectivity index (χ0) is 25.3. The van der Waals surface area contributed by atoms with Crippen LogP contribution in [0.4, 0.5) is 13.2 Å². The molecule has 0 radical (unpaired) electrons. The van der Waals surface area contributed by atoms with Crippen molar-refractivity contribution in [1.29, 1.82) is 5.26 Å². The van der Waals surface area contributed by atoms with E-state index in [-0.39, 0.29) is 6.42 Å². The second kappa shape index (κ2) is 9.46. The first-order chi connectivity index (χ1) is 15.8. The van der Waals surface area contributed by atoms with Crippen molar-refractivity contribution in [1.82, 2.24) is 0 Å². The van der Waals surface area contributed by atoms with Crippen LogP contribution >= 0.6 is 11.6 Å². The number of carboxylic acids is 1. The number of hydrogen-bond acceptors (Lipinski definition) is 2. The van der Waals surface area contributed by atoms with Crippen LogP contribution in [0, 0.1) is 40.9 Å². The Morgan fingerprint density at radius 3 is 2.41 bits per heavy atom. The van der Waals surface area contributed by atoms with Crippen molar-refractivity contribution >= 4 is 17.6 Å². The van der Waals surface area contributed by atoms with Crippen molar-refractivity contribution in [2.75, 3.05) is 0 Å². The fourth-order valence-electron chi connectivity index (χ4n) is 5.29. The third-order valence-electron chi connectivity index (χ3n) is 7.53. The van der Waals surface area contributed by atoms with Gasteiger partial charge in [-0.3, -0.25) is 4.79 Å². The van der Waals surface area contributed by atoms with Crippen molar-refractivity contribution in [3.8, 4) is 17.2 Å². The number of allylic oxidation sites excluding steroid dienone is 2. The lowest BCUT2D eigenvalue weighted by atomic mass is 9.80. The van der Waals surface area contributed by atoms with Gasteiger partial charge in [-0.15, -0.1) is 0 Å². The van der Waals surface area contributed by atoms with Gasteiger partial charge in [0.25, 0.3) is 0 Å². The fourth-order valence-corrected chi connectivity index (χ4v) is 5.42. The Bertz CT molecular complexity index is 1130. The fraction of sp³-hybridized carbons (Fsp3) is 0.407. The van der Waals surface area contributed by atoms with Crippen molar-refractivity contribution in [3.63, 3.8) is 0 Å². The van der Waals surface area contributed by atoms with Gasteiger partial charge in [-0.2, -0.15) is 18.4 Å². The number of nitrogens with zero attached hydrogens (tertiary/aromatic N) is 1. The smallest absolute Gasteiger partial charge is 0.426 e. The van der Waals surface area contributed by atoms with Gasteiger partial charge in [0.1, 0.15) is 11.0 Å². The van der Waals surface area contributed by atoms with E-state index in [9.17, 15) is 28.3 Å². The van der Waals surface area contributed by atoms with Gasteiger partial charge in [-0.1, -0.05) is 80.1 Å². The molecule has 3 rings (SSSR count). The first-order valence-electron chi connectivity index (χ1n) is 11.1. The highest BCUT2D eigenvalue weighted by atomic mass is 35.5. The van der Waals surface area contributed by atoms with Crippen LogP contribution < -0.4 is 0 Å². The van der Waals surface area contributed by atoms with Crippen LogP contribution in [0.5, 0.6) is 0 Å². The second-order valence-electron chi connectivity index (χ2n) is 9.56. The van der Waals surface area contributed by atoms with Gasteiger partial charge in [0, 0.05) is 0 Å². The number of rotatable bonds is 8. The van der Waals surface area contributed by atoms with Gasteiger partial charge >= 0.3 is 12.1 Å². The van der Waals surface area contributed by atoms with Gasteiger partial charge < -0.3 is 5.11 Å². The summed E-state index contributed by atoms with van der Waals surface area (Å²) in [6, 6.07) is 17.5. The summed E-state index contributed by atoms with van der Waals surface area (Å²) in [7, 11) is 0. The molecule has 1 N–H and O–H groups in total. The predicted molar refractivity (Wildman–Crippen MR) is 126 cm³/mol. The van der Waals surface area contributed by atoms with Gasteiger partial charge in [-0.25, -0.2) is 0 Å². The molecule has 180 valence electrons. The molecule has 3 atom stereocenters. The molecule has 0 aliphatic heterocycles. The second-order valence-corrected chi connectivity index (χ2v) is 9.97. The third kappa shape index (κ3) is 4.86. The Hall–Kier alpha value is -2.78. The molecule has 1 fully saturated rings. The monoisotopic (exact) mass is 489 g/mol. The van der Waals surface area contributed by atoms with E-state index in [1.807, 2.05) is 69.3 Å². The summed E-state index contributed by atoms with van der Waals surface area (Å²) < 4.78 is 39.7. The normalized spacial score (nSPS) is 22.6. The lowest BCUT2D eigenvalue weighted by molar-refractivity contribution is -0.140. The van der Waals surface area contributed by atoms with Crippen LogP contribution in [0.3, 0.4) is 0 Å². The average Bonchev–Trinajstić information content (AvgIpc) is 3.22. The lowest BCUT2D eigenvalue weighted by Crippen LogP contribution is -2.19. The van der Waals surface area contributed by atoms with Crippen LogP contribution in [0.1, 0.15) is 37.8 Å². The maximum atomic E-state index is 13.2. The molecule has 0 spiro atoms. The van der Waals surface area contributed by atoms with Crippen molar-refractivity contribution in [3.05, 3.63) is 70.8 Å². The molecule has 0 heterocycles. The summed E-state index contributed by atoms with van der Waals surface area (Å²) in [5.41, 5.74) is 2.85. The highest BCUT2D eigenvalue weighted by Crippen LogP contribution is 2.73. The largest absolute Gasteiger partial charge is 0.480 e. The topological polar surface area (TPSA) is 61.1 Å². The molecule has 2 aromatic carbocycles. The van der Waals surface area contributed by atoms with Crippen LogP contribution in [0.2, 0.25) is 0 Å². The quantitative estimate of drug-likeness (QED) is 0.416. The van der Waals surface area contributed by atoms with Gasteiger partial charge in [0.15, 0.2) is 0 Å². The molecule has 1 aliphatic carbocycles. The molecular weight excluding hydrogens is 463 g/mol. The van der Waals surface area contributed by atoms with Gasteiger partial charge in [0.2, 0.25) is 0 Å². The first-order valence-corrected chi connectivity index (χ1v) is 11.4. The molecule has 3 unspecified atom stereocenters. The van der Waals surface area contributed by atoms with Crippen LogP contribution in [0.15, 0.2) is 59.6 Å². The van der Waals surface area contributed by atoms with E-state index >= 15 is 0 Å². The summed E-state index contributed by atoms with van der Waals surface area (Å²) in [5.74, 6) is -2.95. The van der Waals surface area contributed by atoms with Crippen molar-refractivity contribution in [2.24, 2.45) is 22.7 Å². The average molecular weight is 490 g/mol. The van der Waals surface area contributed by atoms with Crippen LogP contribution in [-0.2, 0) is 11.2 Å². The number of halogens is 4. The molecule has 0 aromatic heterocycles. The molecule has 2 aromatic rings. The Labute approximate surface area is 202 Å². The van der Waals surface area contributed by atoms with E-state index in [0.29, 0.717) is 12.8 Å². The minimum Gasteiger partial charge on any atom is -0.480 e. The third-order valence-corrected chi connectivity index (χ3v) is 7.87. The van der Waals surface area contributed by atoms with E-state index < -0.39 is 39.8 Å². The number of nitriles is 1. The molecule has 1 aliphatic rings. The summed E-state index contributed by atoms with van der Waals surface area (Å²) >= 11 is 5.62. The van der Waals surface area contributed by atoms with E-state index in [2.05, 4.69) is 0 Å². The molecule has 34 heavy (non-hydrogen) atoms. The molecule has 7 heteroatoms. The predicted octanol–water partition coefficient (Wildman–Crippen LogP) is 7.54. The van der Waals surface area contributed by atoms with Crippen molar-refractivity contribution in [2.45, 2.75) is 46.2 Å². The van der Waals surface area contributed by atoms with Crippen LogP contribution in [-0.4, -0.2) is 17.3 Å². The Morgan fingerprint density at radius 2 is 1.85 bits per heavy atom. The van der Waals surface area contributed by atoms with Crippen molar-refractivity contribution < 1.29 is 23.1 Å². The number of benzene rings is 2. The molecular formula is C27H27ClF3NO2. The SMILES string of the molecule is Cc1c(CC2(CCC(C#N)C(=O)O)C(C=C(Cl)C(F)(F)F)C2(C)C)cccc1-c1ccccc1. The van der Waals surface area contributed by atoms with E-state index in [1.54, 1.807) is 6.07 Å². The minimum absolute atomic E-state index is 0.0562. The van der Waals surface area contributed by atoms with E-state index in [0.717, 1.165) is 28.3 Å². The number of carboxylic acid groups (broad SMARTS) is 1. The zero-order valence-corrected chi connectivity index (χ0v) is 20.0. The molecule has 0 saturated heterocycles. The number of aliphatic carboxylic acids is 1. The maximum Gasteiger partial charge on any atom is 0.426 e. The molecule has 0 amide bonds. The summed E-state index contributed by atoms with van der Waals surface area (Å²) in [6.45, 7) is 5.75. The number of alkyl halides is 3. The molecule has 1 saturated carbocycles. The maximum absolute atomic E-state index is 13.2. The standard InChI is InChI=1S/C27H27ClF3NO2/c1-17-19(10-7-11-21(17)18-8-5-4-6-9-18)15-26(13-12-20(16-32)24(33)34)22(25(26,2)3)14-23(28)27(29,30)31/h4-11,14,20,22H,12-13,15H2,1-3H3,(H,33,34). The lowest BCUT2D eigenvalue weighted by Gasteiger charge is -2.23. The van der Waals surface area contributed by atoms with Gasteiger partial charge in [-0.05, 0) is 65.2 Å². The highest BCUT2D eigenvalue weighted by Gasteiger charge is 2.69. The van der Waals surface area contributed by atoms with Gasteiger partial charge in [0.05, 0.1) is 6.07 Å². The Morgan fingerprint density at radius 1 is 1.21 bits per heavy atom. The number of hydrogen-bond donors (Lipinski definition) is 1. The zero-order valence-electron chi connectivity index (χ0n) is 19.3.